The van der Waals surface area contributed by atoms with E-state index >= 15 is 0 Å². The van der Waals surface area contributed by atoms with Crippen LogP contribution in [0.15, 0.2) is 30.3 Å². The molecule has 2 rings (SSSR count). The van der Waals surface area contributed by atoms with Gasteiger partial charge in [-0.05, 0) is 30.3 Å². The lowest BCUT2D eigenvalue weighted by Crippen LogP contribution is -2.14. The molecule has 7 heteroatoms. The van der Waals surface area contributed by atoms with Crippen LogP contribution in [0, 0.1) is 17.7 Å². The molecule has 98 valence electrons. The Labute approximate surface area is 105 Å². The second-order valence-electron chi connectivity index (χ2n) is 3.59. The number of anilines is 1. The van der Waals surface area contributed by atoms with Crippen molar-refractivity contribution in [3.8, 4) is 5.75 Å². The van der Waals surface area contributed by atoms with Gasteiger partial charge in [-0.1, -0.05) is 0 Å². The van der Waals surface area contributed by atoms with Crippen molar-refractivity contribution in [3.63, 3.8) is 0 Å². The van der Waals surface area contributed by atoms with E-state index in [1.165, 1.54) is 0 Å². The number of rotatable bonds is 2. The summed E-state index contributed by atoms with van der Waals surface area (Å²) in [5.74, 6) is -4.40. The lowest BCUT2D eigenvalue weighted by atomic mass is 10.2. The van der Waals surface area contributed by atoms with Gasteiger partial charge in [-0.25, -0.2) is 4.39 Å². The van der Waals surface area contributed by atoms with Gasteiger partial charge in [-0.2, -0.15) is 13.8 Å². The second kappa shape index (κ2) is 4.97. The summed E-state index contributed by atoms with van der Waals surface area (Å²) in [6.45, 7) is 0. The first-order valence-corrected chi connectivity index (χ1v) is 5.09. The number of phenolic OH excluding ortho intramolecular Hbond substituents is 1. The number of aromatic hydroxyl groups is 1. The molecule has 1 heterocycles. The van der Waals surface area contributed by atoms with E-state index in [2.05, 4.69) is 10.3 Å². The van der Waals surface area contributed by atoms with Crippen LogP contribution in [0.25, 0.3) is 0 Å². The molecule has 0 atom stereocenters. The largest absolute Gasteiger partial charge is 0.507 e. The standard InChI is InChI=1S/C12H7F3N2O2/c13-6-1-3-9(18)7(5-6)12(19)16-8-2-4-10(14)17-11(8)15/h1-5,18H,(H,16,19). The average Bonchev–Trinajstić information content (AvgIpc) is 2.35. The number of nitrogens with one attached hydrogen (secondary N) is 1. The Morgan fingerprint density at radius 1 is 1.16 bits per heavy atom. The van der Waals surface area contributed by atoms with Crippen LogP contribution in [0.5, 0.6) is 5.75 Å². The molecule has 2 aromatic rings. The smallest absolute Gasteiger partial charge is 0.259 e. The van der Waals surface area contributed by atoms with E-state index in [0.717, 1.165) is 30.3 Å². The third-order valence-corrected chi connectivity index (χ3v) is 2.27. The van der Waals surface area contributed by atoms with Crippen molar-refractivity contribution < 1.29 is 23.1 Å². The molecular formula is C12H7F3N2O2. The van der Waals surface area contributed by atoms with Crippen LogP contribution in [0.3, 0.4) is 0 Å². The molecule has 0 saturated carbocycles. The molecule has 0 spiro atoms. The number of halogens is 3. The Morgan fingerprint density at radius 2 is 1.89 bits per heavy atom. The molecule has 4 nitrogen and oxygen atoms in total. The van der Waals surface area contributed by atoms with Gasteiger partial charge in [-0.15, -0.1) is 0 Å². The number of aromatic nitrogens is 1. The molecule has 0 aliphatic rings. The van der Waals surface area contributed by atoms with Crippen molar-refractivity contribution >= 4 is 11.6 Å². The first kappa shape index (κ1) is 12.9. The zero-order valence-corrected chi connectivity index (χ0v) is 9.32. The highest BCUT2D eigenvalue weighted by atomic mass is 19.1. The molecule has 0 aliphatic heterocycles. The summed E-state index contributed by atoms with van der Waals surface area (Å²) in [7, 11) is 0. The summed E-state index contributed by atoms with van der Waals surface area (Å²) in [5, 5.41) is 11.5. The minimum atomic E-state index is -1.22. The molecule has 0 aliphatic carbocycles. The summed E-state index contributed by atoms with van der Waals surface area (Å²) in [6, 6.07) is 4.56. The van der Waals surface area contributed by atoms with Crippen molar-refractivity contribution in [2.75, 3.05) is 5.32 Å². The normalized spacial score (nSPS) is 10.3. The van der Waals surface area contributed by atoms with E-state index in [1.807, 2.05) is 0 Å². The molecule has 1 amide bonds. The Balaban J connectivity index is 2.28. The van der Waals surface area contributed by atoms with Crippen molar-refractivity contribution in [1.82, 2.24) is 4.98 Å². The van der Waals surface area contributed by atoms with Gasteiger partial charge in [0.05, 0.1) is 11.3 Å². The van der Waals surface area contributed by atoms with E-state index in [4.69, 9.17) is 0 Å². The minimum Gasteiger partial charge on any atom is -0.507 e. The lowest BCUT2D eigenvalue weighted by Gasteiger charge is -2.07. The molecule has 0 unspecified atom stereocenters. The van der Waals surface area contributed by atoms with Crippen LogP contribution >= 0.6 is 0 Å². The Bertz CT molecular complexity index is 647. The Kier molecular flexibility index (Phi) is 3.37. The fourth-order valence-electron chi connectivity index (χ4n) is 1.39. The van der Waals surface area contributed by atoms with Crippen LogP contribution in [0.2, 0.25) is 0 Å². The molecule has 0 fully saturated rings. The van der Waals surface area contributed by atoms with E-state index in [1.54, 1.807) is 0 Å². The summed E-state index contributed by atoms with van der Waals surface area (Å²) < 4.78 is 38.7. The molecule has 19 heavy (non-hydrogen) atoms. The van der Waals surface area contributed by atoms with Crippen LogP contribution in [0.4, 0.5) is 18.9 Å². The molecule has 2 N–H and O–H groups in total. The van der Waals surface area contributed by atoms with Gasteiger partial charge < -0.3 is 10.4 Å². The van der Waals surface area contributed by atoms with Gasteiger partial charge in [0, 0.05) is 0 Å². The molecule has 0 radical (unpaired) electrons. The number of hydrogen-bond acceptors (Lipinski definition) is 3. The van der Waals surface area contributed by atoms with Gasteiger partial charge in [0.1, 0.15) is 11.6 Å². The molecule has 0 bridgehead atoms. The fourth-order valence-corrected chi connectivity index (χ4v) is 1.39. The van der Waals surface area contributed by atoms with Crippen LogP contribution in [0.1, 0.15) is 10.4 Å². The highest BCUT2D eigenvalue weighted by Gasteiger charge is 2.15. The highest BCUT2D eigenvalue weighted by molar-refractivity contribution is 6.06. The predicted molar refractivity (Wildman–Crippen MR) is 60.2 cm³/mol. The van der Waals surface area contributed by atoms with Crippen LogP contribution in [-0.4, -0.2) is 16.0 Å². The summed E-state index contributed by atoms with van der Waals surface area (Å²) in [4.78, 5) is 14.6. The van der Waals surface area contributed by atoms with E-state index in [0.29, 0.717) is 0 Å². The van der Waals surface area contributed by atoms with Crippen LogP contribution < -0.4 is 5.32 Å². The third-order valence-electron chi connectivity index (χ3n) is 2.27. The zero-order valence-electron chi connectivity index (χ0n) is 9.32. The Hall–Kier alpha value is -2.57. The van der Waals surface area contributed by atoms with Gasteiger partial charge >= 0.3 is 0 Å². The first-order chi connectivity index (χ1) is 8.97. The number of hydrogen-bond donors (Lipinski definition) is 2. The zero-order chi connectivity index (χ0) is 14.0. The van der Waals surface area contributed by atoms with Crippen molar-refractivity contribution in [2.24, 2.45) is 0 Å². The lowest BCUT2D eigenvalue weighted by molar-refractivity contribution is 0.102. The van der Waals surface area contributed by atoms with Crippen molar-refractivity contribution in [3.05, 3.63) is 53.6 Å². The minimum absolute atomic E-state index is 0.372. The average molecular weight is 268 g/mol. The van der Waals surface area contributed by atoms with E-state index in [-0.39, 0.29) is 11.3 Å². The number of carbonyl (C=O) groups excluding carboxylic acids is 1. The number of carbonyl (C=O) groups is 1. The number of pyridine rings is 1. The Morgan fingerprint density at radius 3 is 2.58 bits per heavy atom. The van der Waals surface area contributed by atoms with Gasteiger partial charge in [0.25, 0.3) is 5.91 Å². The van der Waals surface area contributed by atoms with Crippen LogP contribution in [-0.2, 0) is 0 Å². The second-order valence-corrected chi connectivity index (χ2v) is 3.59. The van der Waals surface area contributed by atoms with Gasteiger partial charge in [0.2, 0.25) is 11.9 Å². The van der Waals surface area contributed by atoms with E-state index < -0.39 is 29.4 Å². The fraction of sp³-hybridized carbons (Fsp3) is 0. The molecule has 1 aromatic carbocycles. The monoisotopic (exact) mass is 268 g/mol. The van der Waals surface area contributed by atoms with Crippen molar-refractivity contribution in [1.29, 1.82) is 0 Å². The molecule has 1 aromatic heterocycles. The van der Waals surface area contributed by atoms with Gasteiger partial charge in [-0.3, -0.25) is 4.79 Å². The summed E-state index contributed by atoms with van der Waals surface area (Å²) >= 11 is 0. The van der Waals surface area contributed by atoms with Crippen molar-refractivity contribution in [2.45, 2.75) is 0 Å². The maximum atomic E-state index is 13.2. The molecular weight excluding hydrogens is 261 g/mol. The quantitative estimate of drug-likeness (QED) is 0.822. The maximum Gasteiger partial charge on any atom is 0.259 e. The first-order valence-electron chi connectivity index (χ1n) is 5.09. The summed E-state index contributed by atoms with van der Waals surface area (Å²) in [5.41, 5.74) is -0.751. The maximum absolute atomic E-state index is 13.2. The molecule has 0 saturated heterocycles. The number of amides is 1. The van der Waals surface area contributed by atoms with Gasteiger partial charge in [0.15, 0.2) is 0 Å². The highest BCUT2D eigenvalue weighted by Crippen LogP contribution is 2.20. The van der Waals surface area contributed by atoms with E-state index in [9.17, 15) is 23.1 Å². The SMILES string of the molecule is O=C(Nc1ccc(F)nc1F)c1cc(F)ccc1O. The third kappa shape index (κ3) is 2.82. The topological polar surface area (TPSA) is 62.2 Å². The number of benzene rings is 1. The number of nitrogens with zero attached hydrogens (tertiary/aromatic N) is 1. The predicted octanol–water partition coefficient (Wildman–Crippen LogP) is 2.46. The summed E-state index contributed by atoms with van der Waals surface area (Å²) in [6.07, 6.45) is 0. The number of phenols is 1.